The van der Waals surface area contributed by atoms with Crippen molar-refractivity contribution >= 4 is 40.8 Å². The molecule has 27 heavy (non-hydrogen) atoms. The molecule has 1 aliphatic rings. The fourth-order valence-corrected chi connectivity index (χ4v) is 2.19. The summed E-state index contributed by atoms with van der Waals surface area (Å²) in [5, 5.41) is 12.1. The fraction of sp³-hybridized carbons (Fsp3) is 0.400. The van der Waals surface area contributed by atoms with Crippen molar-refractivity contribution in [2.75, 3.05) is 30.4 Å². The fourth-order valence-electron chi connectivity index (χ4n) is 2.14. The minimum absolute atomic E-state index is 0.0862. The van der Waals surface area contributed by atoms with Crippen molar-refractivity contribution in [3.8, 4) is 0 Å². The first-order chi connectivity index (χ1) is 12.5. The van der Waals surface area contributed by atoms with Gasteiger partial charge in [-0.15, -0.1) is 0 Å². The van der Waals surface area contributed by atoms with Gasteiger partial charge in [-0.25, -0.2) is 9.18 Å². The van der Waals surface area contributed by atoms with E-state index >= 15 is 0 Å². The lowest BCUT2D eigenvalue weighted by molar-refractivity contribution is -0.192. The van der Waals surface area contributed by atoms with Gasteiger partial charge in [0, 0.05) is 25.0 Å². The number of nitrogens with one attached hydrogen (secondary N) is 2. The third-order valence-electron chi connectivity index (χ3n) is 3.40. The number of carboxylic acid groups (broad SMARTS) is 1. The molecule has 1 unspecified atom stereocenters. The molecule has 2 amide bonds. The largest absolute Gasteiger partial charge is 0.490 e. The van der Waals surface area contributed by atoms with E-state index in [-0.39, 0.29) is 12.5 Å². The van der Waals surface area contributed by atoms with Crippen LogP contribution in [-0.2, 0) is 20.8 Å². The molecule has 0 radical (unpaired) electrons. The van der Waals surface area contributed by atoms with Crippen LogP contribution in [0.15, 0.2) is 18.2 Å². The van der Waals surface area contributed by atoms with Crippen LogP contribution in [-0.4, -0.2) is 54.8 Å². The van der Waals surface area contributed by atoms with Gasteiger partial charge < -0.3 is 20.6 Å². The van der Waals surface area contributed by atoms with Gasteiger partial charge in [0.2, 0.25) is 5.91 Å². The zero-order valence-corrected chi connectivity index (χ0v) is 14.7. The van der Waals surface area contributed by atoms with Crippen molar-refractivity contribution in [3.05, 3.63) is 23.8 Å². The van der Waals surface area contributed by atoms with E-state index in [9.17, 15) is 27.2 Å². The maximum absolute atomic E-state index is 12.6. The van der Waals surface area contributed by atoms with E-state index < -0.39 is 23.7 Å². The highest BCUT2D eigenvalue weighted by atomic mass is 35.5. The molecule has 1 heterocycles. The predicted octanol–water partition coefficient (Wildman–Crippen LogP) is 1.90. The number of aliphatic carboxylic acids is 1. The lowest BCUT2D eigenvalue weighted by Crippen LogP contribution is -2.34. The number of halogens is 5. The second-order valence-corrected chi connectivity index (χ2v) is 5.66. The smallest absolute Gasteiger partial charge is 0.475 e. The topological polar surface area (TPSA) is 98.7 Å². The van der Waals surface area contributed by atoms with Gasteiger partial charge in [-0.1, -0.05) is 17.7 Å². The number of carbonyl (C=O) groups is 3. The Morgan fingerprint density at radius 3 is 2.41 bits per heavy atom. The summed E-state index contributed by atoms with van der Waals surface area (Å²) in [4.78, 5) is 33.5. The number of hydrogen-bond acceptors (Lipinski definition) is 4. The first-order valence-electron chi connectivity index (χ1n) is 7.43. The molecule has 7 nitrogen and oxygen atoms in total. The second-order valence-electron chi connectivity index (χ2n) is 5.28. The van der Waals surface area contributed by atoms with Crippen molar-refractivity contribution in [2.24, 2.45) is 0 Å². The molecule has 0 bridgehead atoms. The van der Waals surface area contributed by atoms with Crippen LogP contribution in [0, 0.1) is 0 Å². The van der Waals surface area contributed by atoms with E-state index in [1.165, 1.54) is 0 Å². The summed E-state index contributed by atoms with van der Waals surface area (Å²) in [5.41, 5.74) is 0.344. The van der Waals surface area contributed by atoms with E-state index in [4.69, 9.17) is 21.5 Å². The number of alkyl halides is 5. The number of nitrogens with zero attached hydrogens (tertiary/aromatic N) is 1. The summed E-state index contributed by atoms with van der Waals surface area (Å²) < 4.78 is 44.4. The number of fused-ring (bicyclic) bond motifs is 1. The van der Waals surface area contributed by atoms with E-state index in [1.54, 1.807) is 19.2 Å². The van der Waals surface area contributed by atoms with Gasteiger partial charge in [0.05, 0.1) is 6.54 Å². The zero-order chi connectivity index (χ0) is 20.8. The predicted molar refractivity (Wildman–Crippen MR) is 89.5 cm³/mol. The second kappa shape index (κ2) is 9.40. The zero-order valence-electron chi connectivity index (χ0n) is 13.9. The Morgan fingerprint density at radius 2 is 1.93 bits per heavy atom. The maximum Gasteiger partial charge on any atom is 0.490 e. The number of benzene rings is 1. The van der Waals surface area contributed by atoms with E-state index in [2.05, 4.69) is 10.6 Å². The SMILES string of the molecule is CNC(=O)CN1CCc2ccc(NC(=O)C(F)Cl)cc21.O=C(O)C(F)(F)F. The Hall–Kier alpha value is -2.56. The van der Waals surface area contributed by atoms with Gasteiger partial charge in [0.1, 0.15) is 0 Å². The van der Waals surface area contributed by atoms with Crippen molar-refractivity contribution in [1.29, 1.82) is 0 Å². The van der Waals surface area contributed by atoms with Gasteiger partial charge in [-0.2, -0.15) is 13.2 Å². The third-order valence-corrected chi connectivity index (χ3v) is 3.60. The van der Waals surface area contributed by atoms with Gasteiger partial charge in [-0.3, -0.25) is 9.59 Å². The maximum atomic E-state index is 12.6. The van der Waals surface area contributed by atoms with Gasteiger partial charge in [0.25, 0.3) is 11.5 Å². The van der Waals surface area contributed by atoms with E-state index in [0.717, 1.165) is 24.2 Å². The Balaban J connectivity index is 0.000000445. The molecule has 2 rings (SSSR count). The summed E-state index contributed by atoms with van der Waals surface area (Å²) in [7, 11) is 1.58. The molecule has 0 spiro atoms. The van der Waals surface area contributed by atoms with Crippen molar-refractivity contribution < 1.29 is 37.1 Å². The summed E-state index contributed by atoms with van der Waals surface area (Å²) in [5.74, 6) is -3.74. The average Bonchev–Trinajstić information content (AvgIpc) is 2.96. The van der Waals surface area contributed by atoms with E-state index in [1.807, 2.05) is 11.0 Å². The number of amides is 2. The lowest BCUT2D eigenvalue weighted by Gasteiger charge is -2.19. The Labute approximate surface area is 156 Å². The molecular weight excluding hydrogens is 398 g/mol. The quantitative estimate of drug-likeness (QED) is 0.517. The highest BCUT2D eigenvalue weighted by Gasteiger charge is 2.38. The number of carboxylic acids is 1. The first kappa shape index (κ1) is 22.5. The number of likely N-dealkylation sites (N-methyl/N-ethyl adjacent to an activating group) is 1. The van der Waals surface area contributed by atoms with Crippen LogP contribution in [0.3, 0.4) is 0 Å². The summed E-state index contributed by atoms with van der Waals surface area (Å²) in [6.07, 6.45) is -4.25. The average molecular weight is 414 g/mol. The molecule has 12 heteroatoms. The highest BCUT2D eigenvalue weighted by molar-refractivity contribution is 6.31. The molecule has 0 fully saturated rings. The molecular formula is C15H16ClF4N3O4. The molecule has 0 saturated carbocycles. The standard InChI is InChI=1S/C13H15ClFN3O2.C2HF3O2/c1-16-11(19)7-18-5-4-8-2-3-9(6-10(8)18)17-13(20)12(14)15;3-2(4,5)1(6)7/h2-3,6,12H,4-5,7H2,1H3,(H,16,19)(H,17,20);(H,6,7). The van der Waals surface area contributed by atoms with Crippen molar-refractivity contribution in [3.63, 3.8) is 0 Å². The first-order valence-corrected chi connectivity index (χ1v) is 7.87. The Morgan fingerprint density at radius 1 is 1.33 bits per heavy atom. The number of carbonyl (C=O) groups excluding carboxylic acids is 2. The van der Waals surface area contributed by atoms with Crippen LogP contribution < -0.4 is 15.5 Å². The molecule has 1 aromatic carbocycles. The Bertz CT molecular complexity index is 713. The molecule has 1 atom stereocenters. The van der Waals surface area contributed by atoms with Gasteiger partial charge >= 0.3 is 12.1 Å². The summed E-state index contributed by atoms with van der Waals surface area (Å²) in [6, 6.07) is 5.28. The van der Waals surface area contributed by atoms with Crippen LogP contribution in [0.5, 0.6) is 0 Å². The lowest BCUT2D eigenvalue weighted by atomic mass is 10.1. The van der Waals surface area contributed by atoms with Crippen molar-refractivity contribution in [1.82, 2.24) is 5.32 Å². The van der Waals surface area contributed by atoms with Crippen molar-refractivity contribution in [2.45, 2.75) is 18.2 Å². The number of rotatable bonds is 4. The summed E-state index contributed by atoms with van der Waals surface area (Å²) >= 11 is 5.07. The molecule has 150 valence electrons. The number of anilines is 2. The normalized spacial score (nSPS) is 13.8. The molecule has 0 saturated heterocycles. The highest BCUT2D eigenvalue weighted by Crippen LogP contribution is 2.30. The van der Waals surface area contributed by atoms with Gasteiger partial charge in [0.15, 0.2) is 0 Å². The molecule has 1 aliphatic heterocycles. The Kier molecular flexibility index (Phi) is 7.82. The minimum Gasteiger partial charge on any atom is -0.475 e. The van der Waals surface area contributed by atoms with Crippen LogP contribution in [0.25, 0.3) is 0 Å². The third kappa shape index (κ3) is 6.93. The van der Waals surface area contributed by atoms with Crippen LogP contribution >= 0.6 is 11.6 Å². The number of hydrogen-bond donors (Lipinski definition) is 3. The molecule has 3 N–H and O–H groups in total. The van der Waals surface area contributed by atoms with Gasteiger partial charge in [-0.05, 0) is 24.1 Å². The van der Waals surface area contributed by atoms with Crippen LogP contribution in [0.1, 0.15) is 5.56 Å². The summed E-state index contributed by atoms with van der Waals surface area (Å²) in [6.45, 7) is 0.990. The monoisotopic (exact) mass is 413 g/mol. The minimum atomic E-state index is -5.08. The van der Waals surface area contributed by atoms with Crippen LogP contribution in [0.2, 0.25) is 0 Å². The molecule has 0 aliphatic carbocycles. The van der Waals surface area contributed by atoms with E-state index in [0.29, 0.717) is 5.69 Å². The van der Waals surface area contributed by atoms with Crippen LogP contribution in [0.4, 0.5) is 28.9 Å². The molecule has 0 aromatic heterocycles. The molecule has 1 aromatic rings.